The van der Waals surface area contributed by atoms with Crippen molar-refractivity contribution in [3.05, 3.63) is 28.2 Å². The molecule has 2 rings (SSSR count). The standard InChI is InChI=1S/C11H12Cl2N2O.C4H6O6.H2O/c1-7(11-14-5-6-15-11)16-10-8(12)3-2-4-9(10)13;5-1(3(7)8)2(6)4(9)10;/h2-4,7H,5-6H2,1H3,(H,14,15);1-2,5-6H,(H,7,8)(H,9,10);1H2. The summed E-state index contributed by atoms with van der Waals surface area (Å²) in [4.78, 5) is 23.8. The molecule has 0 aromatic heterocycles. The second-order valence-corrected chi connectivity index (χ2v) is 5.89. The van der Waals surface area contributed by atoms with E-state index in [-0.39, 0.29) is 11.6 Å². The van der Waals surface area contributed by atoms with E-state index in [1.54, 1.807) is 18.2 Å². The van der Waals surface area contributed by atoms with Gasteiger partial charge < -0.3 is 36.0 Å². The summed E-state index contributed by atoms with van der Waals surface area (Å²) in [5.74, 6) is -2.18. The highest BCUT2D eigenvalue weighted by atomic mass is 35.5. The highest BCUT2D eigenvalue weighted by Crippen LogP contribution is 2.33. The zero-order valence-electron chi connectivity index (χ0n) is 14.1. The molecule has 0 aliphatic carbocycles. The number of hydrogen-bond donors (Lipinski definition) is 5. The quantitative estimate of drug-likeness (QED) is 0.414. The van der Waals surface area contributed by atoms with Gasteiger partial charge in [-0.25, -0.2) is 9.59 Å². The lowest BCUT2D eigenvalue weighted by molar-refractivity contribution is -0.165. The maximum atomic E-state index is 9.77. The van der Waals surface area contributed by atoms with E-state index >= 15 is 0 Å². The third kappa shape index (κ3) is 7.57. The summed E-state index contributed by atoms with van der Waals surface area (Å²) < 4.78 is 5.70. The smallest absolute Gasteiger partial charge is 0.335 e. The van der Waals surface area contributed by atoms with Gasteiger partial charge >= 0.3 is 11.9 Å². The van der Waals surface area contributed by atoms with Crippen LogP contribution in [0.2, 0.25) is 10.0 Å². The van der Waals surface area contributed by atoms with Crippen LogP contribution in [-0.4, -0.2) is 75.1 Å². The summed E-state index contributed by atoms with van der Waals surface area (Å²) in [5.41, 5.74) is 0. The molecule has 1 aliphatic heterocycles. The first kappa shape index (κ1) is 24.9. The highest BCUT2D eigenvalue weighted by molar-refractivity contribution is 6.37. The summed E-state index contributed by atoms with van der Waals surface area (Å²) in [5, 5.41) is 36.7. The number of halogens is 2. The molecule has 3 unspecified atom stereocenters. The molecular formula is C15H20Cl2N2O8. The van der Waals surface area contributed by atoms with Crippen molar-refractivity contribution < 1.29 is 40.2 Å². The first-order valence-electron chi connectivity index (χ1n) is 7.35. The van der Waals surface area contributed by atoms with Crippen LogP contribution >= 0.6 is 23.2 Å². The number of benzene rings is 1. The Labute approximate surface area is 164 Å². The zero-order chi connectivity index (χ0) is 19.9. The Morgan fingerprint density at radius 1 is 1.15 bits per heavy atom. The molecule has 0 radical (unpaired) electrons. The third-order valence-corrected chi connectivity index (χ3v) is 3.70. The van der Waals surface area contributed by atoms with Crippen molar-refractivity contribution in [2.45, 2.75) is 25.2 Å². The van der Waals surface area contributed by atoms with Gasteiger partial charge in [-0.3, -0.25) is 4.99 Å². The fourth-order valence-electron chi connectivity index (χ4n) is 1.79. The van der Waals surface area contributed by atoms with Crippen LogP contribution in [0.3, 0.4) is 0 Å². The van der Waals surface area contributed by atoms with Gasteiger partial charge in [0.25, 0.3) is 0 Å². The van der Waals surface area contributed by atoms with E-state index in [2.05, 4.69) is 10.3 Å². The number of carboxylic acid groups (broad SMARTS) is 2. The van der Waals surface area contributed by atoms with Gasteiger partial charge in [0.15, 0.2) is 24.1 Å². The number of carbonyl (C=O) groups is 2. The fraction of sp³-hybridized carbons (Fsp3) is 0.400. The number of nitrogens with one attached hydrogen (secondary N) is 1. The molecule has 1 aromatic rings. The second kappa shape index (κ2) is 11.6. The molecule has 27 heavy (non-hydrogen) atoms. The molecule has 152 valence electrons. The Kier molecular flexibility index (Phi) is 10.7. The molecule has 0 saturated carbocycles. The monoisotopic (exact) mass is 426 g/mol. The van der Waals surface area contributed by atoms with E-state index in [9.17, 15) is 9.59 Å². The topological polar surface area (TPSA) is 180 Å². The molecule has 1 heterocycles. The Balaban J connectivity index is 0.000000539. The number of aliphatic hydroxyl groups excluding tert-OH is 2. The molecule has 0 saturated heterocycles. The number of ether oxygens (including phenoxy) is 1. The lowest BCUT2D eigenvalue weighted by Crippen LogP contribution is -2.39. The number of nitrogens with zero attached hydrogens (tertiary/aromatic N) is 1. The lowest BCUT2D eigenvalue weighted by atomic mass is 10.2. The van der Waals surface area contributed by atoms with Gasteiger partial charge in [0.1, 0.15) is 5.84 Å². The van der Waals surface area contributed by atoms with Crippen LogP contribution in [0.25, 0.3) is 0 Å². The molecule has 0 amide bonds. The number of aliphatic imine (C=N–C) groups is 1. The minimum Gasteiger partial charge on any atom is -0.480 e. The Bertz CT molecular complexity index is 648. The molecule has 1 aliphatic rings. The predicted molar refractivity (Wildman–Crippen MR) is 97.8 cm³/mol. The Morgan fingerprint density at radius 3 is 2.00 bits per heavy atom. The maximum absolute atomic E-state index is 9.77. The van der Waals surface area contributed by atoms with Crippen molar-refractivity contribution >= 4 is 41.0 Å². The van der Waals surface area contributed by atoms with Crippen molar-refractivity contribution in [2.24, 2.45) is 4.99 Å². The van der Waals surface area contributed by atoms with Crippen molar-refractivity contribution in [2.75, 3.05) is 13.1 Å². The largest absolute Gasteiger partial charge is 0.480 e. The van der Waals surface area contributed by atoms with Crippen LogP contribution in [-0.2, 0) is 9.59 Å². The summed E-state index contributed by atoms with van der Waals surface area (Å²) in [6.07, 6.45) is -4.70. The van der Waals surface area contributed by atoms with Gasteiger partial charge in [0.2, 0.25) is 0 Å². The number of rotatable bonds is 6. The predicted octanol–water partition coefficient (Wildman–Crippen LogP) is -0.185. The molecular weight excluding hydrogens is 407 g/mol. The van der Waals surface area contributed by atoms with Gasteiger partial charge in [0.05, 0.1) is 16.6 Å². The molecule has 1 aromatic carbocycles. The van der Waals surface area contributed by atoms with Crippen LogP contribution in [0.1, 0.15) is 6.92 Å². The summed E-state index contributed by atoms with van der Waals surface area (Å²) >= 11 is 12.0. The average Bonchev–Trinajstić information content (AvgIpc) is 3.12. The minimum atomic E-state index is -2.27. The van der Waals surface area contributed by atoms with Gasteiger partial charge in [-0.15, -0.1) is 0 Å². The van der Waals surface area contributed by atoms with E-state index < -0.39 is 24.1 Å². The number of amidine groups is 1. The van der Waals surface area contributed by atoms with Crippen LogP contribution in [0.4, 0.5) is 0 Å². The highest BCUT2D eigenvalue weighted by Gasteiger charge is 2.29. The molecule has 3 atom stereocenters. The molecule has 0 fully saturated rings. The number of aliphatic hydroxyl groups is 2. The second-order valence-electron chi connectivity index (χ2n) is 5.07. The normalized spacial score (nSPS) is 15.7. The number of para-hydroxylation sites is 1. The fourth-order valence-corrected chi connectivity index (χ4v) is 2.27. The van der Waals surface area contributed by atoms with Crippen LogP contribution in [0.5, 0.6) is 5.75 Å². The zero-order valence-corrected chi connectivity index (χ0v) is 15.6. The number of hydrogen-bond acceptors (Lipinski definition) is 7. The molecule has 10 nitrogen and oxygen atoms in total. The van der Waals surface area contributed by atoms with E-state index in [1.165, 1.54) is 0 Å². The van der Waals surface area contributed by atoms with Crippen molar-refractivity contribution in [1.82, 2.24) is 5.32 Å². The first-order valence-corrected chi connectivity index (χ1v) is 8.11. The SMILES string of the molecule is CC(Oc1c(Cl)cccc1Cl)C1=NCCN1.O.O=C(O)C(O)C(O)C(=O)O. The van der Waals surface area contributed by atoms with Crippen molar-refractivity contribution in [3.63, 3.8) is 0 Å². The van der Waals surface area contributed by atoms with E-state index in [0.29, 0.717) is 15.8 Å². The minimum absolute atomic E-state index is 0. The summed E-state index contributed by atoms with van der Waals surface area (Å²) in [7, 11) is 0. The lowest BCUT2D eigenvalue weighted by Gasteiger charge is -2.16. The summed E-state index contributed by atoms with van der Waals surface area (Å²) in [6, 6.07) is 5.28. The third-order valence-electron chi connectivity index (χ3n) is 3.10. The van der Waals surface area contributed by atoms with Gasteiger partial charge in [-0.05, 0) is 19.1 Å². The average molecular weight is 427 g/mol. The molecule has 0 spiro atoms. The van der Waals surface area contributed by atoms with Crippen molar-refractivity contribution in [3.8, 4) is 5.75 Å². The molecule has 7 N–H and O–H groups in total. The molecule has 12 heteroatoms. The van der Waals surface area contributed by atoms with Crippen molar-refractivity contribution in [1.29, 1.82) is 0 Å². The number of carboxylic acids is 2. The maximum Gasteiger partial charge on any atom is 0.335 e. The van der Waals surface area contributed by atoms with Crippen LogP contribution in [0.15, 0.2) is 23.2 Å². The Hall–Kier alpha value is -2.11. The van der Waals surface area contributed by atoms with Gasteiger partial charge in [0, 0.05) is 6.54 Å². The molecule has 0 bridgehead atoms. The van der Waals surface area contributed by atoms with E-state index in [1.807, 2.05) is 6.92 Å². The number of aliphatic carboxylic acids is 2. The first-order chi connectivity index (χ1) is 12.1. The van der Waals surface area contributed by atoms with E-state index in [4.69, 9.17) is 48.4 Å². The van der Waals surface area contributed by atoms with Crippen LogP contribution in [0, 0.1) is 0 Å². The van der Waals surface area contributed by atoms with Gasteiger partial charge in [-0.2, -0.15) is 0 Å². The van der Waals surface area contributed by atoms with Crippen LogP contribution < -0.4 is 10.1 Å². The van der Waals surface area contributed by atoms with Gasteiger partial charge in [-0.1, -0.05) is 29.3 Å². The van der Waals surface area contributed by atoms with E-state index in [0.717, 1.165) is 18.9 Å². The Morgan fingerprint density at radius 2 is 1.63 bits per heavy atom. The summed E-state index contributed by atoms with van der Waals surface area (Å²) in [6.45, 7) is 3.56.